The molecular formula is C13H21N3O. The summed E-state index contributed by atoms with van der Waals surface area (Å²) in [5, 5.41) is 9.01. The highest BCUT2D eigenvalue weighted by atomic mass is 16.3. The maximum Gasteiger partial charge on any atom is 0.147 e. The Bertz CT molecular complexity index is 379. The highest BCUT2D eigenvalue weighted by Crippen LogP contribution is 2.23. The van der Waals surface area contributed by atoms with E-state index in [1.807, 2.05) is 20.0 Å². The van der Waals surface area contributed by atoms with Crippen LogP contribution >= 0.6 is 0 Å². The summed E-state index contributed by atoms with van der Waals surface area (Å²) >= 11 is 0. The molecule has 1 aliphatic rings. The van der Waals surface area contributed by atoms with Crippen molar-refractivity contribution in [2.75, 3.05) is 24.6 Å². The van der Waals surface area contributed by atoms with Gasteiger partial charge in [-0.2, -0.15) is 0 Å². The van der Waals surface area contributed by atoms with Gasteiger partial charge >= 0.3 is 0 Å². The minimum Gasteiger partial charge on any atom is -0.396 e. The van der Waals surface area contributed by atoms with Crippen LogP contribution < -0.4 is 4.90 Å². The van der Waals surface area contributed by atoms with E-state index < -0.39 is 0 Å². The Morgan fingerprint density at radius 2 is 2.24 bits per heavy atom. The first-order valence-electron chi connectivity index (χ1n) is 6.36. The van der Waals surface area contributed by atoms with Crippen molar-refractivity contribution < 1.29 is 5.11 Å². The predicted octanol–water partition coefficient (Wildman–Crippen LogP) is 1.69. The molecule has 94 valence electrons. The number of rotatable bonds is 3. The molecule has 0 spiro atoms. The van der Waals surface area contributed by atoms with Crippen LogP contribution in [0.15, 0.2) is 6.20 Å². The van der Waals surface area contributed by atoms with E-state index in [9.17, 15) is 0 Å². The fourth-order valence-corrected chi connectivity index (χ4v) is 2.37. The molecule has 1 unspecified atom stereocenters. The van der Waals surface area contributed by atoms with Crippen molar-refractivity contribution in [1.29, 1.82) is 0 Å². The third kappa shape index (κ3) is 2.94. The lowest BCUT2D eigenvalue weighted by Gasteiger charge is -2.33. The van der Waals surface area contributed by atoms with E-state index in [1.165, 1.54) is 12.8 Å². The second-order valence-electron chi connectivity index (χ2n) is 4.87. The van der Waals surface area contributed by atoms with Gasteiger partial charge in [0.1, 0.15) is 5.82 Å². The molecule has 0 aliphatic carbocycles. The fourth-order valence-electron chi connectivity index (χ4n) is 2.37. The van der Waals surface area contributed by atoms with Crippen molar-refractivity contribution >= 4 is 5.82 Å². The van der Waals surface area contributed by atoms with Crippen molar-refractivity contribution in [2.24, 2.45) is 5.92 Å². The van der Waals surface area contributed by atoms with E-state index >= 15 is 0 Å². The summed E-state index contributed by atoms with van der Waals surface area (Å²) in [5.74, 6) is 1.58. The van der Waals surface area contributed by atoms with E-state index in [4.69, 9.17) is 5.11 Å². The fraction of sp³-hybridized carbons (Fsp3) is 0.692. The lowest BCUT2D eigenvalue weighted by atomic mass is 9.95. The molecule has 0 aromatic carbocycles. The van der Waals surface area contributed by atoms with Crippen LogP contribution in [0.25, 0.3) is 0 Å². The van der Waals surface area contributed by atoms with Crippen LogP contribution in [0.5, 0.6) is 0 Å². The molecule has 0 radical (unpaired) electrons. The Balaban J connectivity index is 2.08. The smallest absolute Gasteiger partial charge is 0.147 e. The summed E-state index contributed by atoms with van der Waals surface area (Å²) in [6, 6.07) is 0. The van der Waals surface area contributed by atoms with Gasteiger partial charge in [-0.3, -0.25) is 4.98 Å². The molecule has 0 saturated carbocycles. The number of hydrogen-bond acceptors (Lipinski definition) is 4. The maximum atomic E-state index is 9.01. The Morgan fingerprint density at radius 1 is 1.41 bits per heavy atom. The molecule has 1 aromatic rings. The van der Waals surface area contributed by atoms with Gasteiger partial charge in [0.2, 0.25) is 0 Å². The summed E-state index contributed by atoms with van der Waals surface area (Å²) in [6.45, 7) is 6.33. The van der Waals surface area contributed by atoms with Gasteiger partial charge < -0.3 is 10.0 Å². The van der Waals surface area contributed by atoms with Gasteiger partial charge in [-0.25, -0.2) is 4.98 Å². The molecule has 4 nitrogen and oxygen atoms in total. The number of aliphatic hydroxyl groups excluding tert-OH is 1. The van der Waals surface area contributed by atoms with E-state index in [1.54, 1.807) is 0 Å². The molecule has 1 aromatic heterocycles. The van der Waals surface area contributed by atoms with Gasteiger partial charge in [0, 0.05) is 19.7 Å². The van der Waals surface area contributed by atoms with Crippen molar-refractivity contribution in [3.8, 4) is 0 Å². The predicted molar refractivity (Wildman–Crippen MR) is 68.1 cm³/mol. The largest absolute Gasteiger partial charge is 0.396 e. The molecule has 1 fully saturated rings. The molecule has 4 heteroatoms. The van der Waals surface area contributed by atoms with Crippen LogP contribution in [0.3, 0.4) is 0 Å². The number of piperidine rings is 1. The quantitative estimate of drug-likeness (QED) is 0.866. The molecule has 0 bridgehead atoms. The van der Waals surface area contributed by atoms with Gasteiger partial charge in [-0.15, -0.1) is 0 Å². The first-order valence-corrected chi connectivity index (χ1v) is 6.36. The molecule has 1 saturated heterocycles. The molecule has 1 atom stereocenters. The minimum atomic E-state index is 0.289. The van der Waals surface area contributed by atoms with E-state index in [-0.39, 0.29) is 6.61 Å². The number of aliphatic hydroxyl groups is 1. The molecule has 1 N–H and O–H groups in total. The monoisotopic (exact) mass is 235 g/mol. The van der Waals surface area contributed by atoms with Crippen molar-refractivity contribution in [2.45, 2.75) is 33.1 Å². The lowest BCUT2D eigenvalue weighted by Crippen LogP contribution is -2.36. The zero-order chi connectivity index (χ0) is 12.3. The first-order chi connectivity index (χ1) is 8.20. The van der Waals surface area contributed by atoms with Crippen molar-refractivity contribution in [1.82, 2.24) is 9.97 Å². The van der Waals surface area contributed by atoms with Crippen molar-refractivity contribution in [3.05, 3.63) is 17.6 Å². The van der Waals surface area contributed by atoms with Crippen LogP contribution in [-0.4, -0.2) is 34.8 Å². The molecule has 17 heavy (non-hydrogen) atoms. The molecular weight excluding hydrogens is 214 g/mol. The van der Waals surface area contributed by atoms with Crippen LogP contribution in [0.1, 0.15) is 30.7 Å². The number of aromatic nitrogens is 2. The second-order valence-corrected chi connectivity index (χ2v) is 4.87. The molecule has 2 heterocycles. The summed E-state index contributed by atoms with van der Waals surface area (Å²) in [5.41, 5.74) is 2.00. The Labute approximate surface area is 103 Å². The Kier molecular flexibility index (Phi) is 3.94. The zero-order valence-electron chi connectivity index (χ0n) is 10.7. The lowest BCUT2D eigenvalue weighted by molar-refractivity contribution is 0.244. The summed E-state index contributed by atoms with van der Waals surface area (Å²) in [4.78, 5) is 11.3. The summed E-state index contributed by atoms with van der Waals surface area (Å²) in [6.07, 6.45) is 5.16. The Hall–Kier alpha value is -1.16. The van der Waals surface area contributed by atoms with Gasteiger partial charge in [-0.1, -0.05) is 0 Å². The molecule has 0 amide bonds. The van der Waals surface area contributed by atoms with Gasteiger partial charge in [0.15, 0.2) is 0 Å². The first kappa shape index (κ1) is 12.3. The normalized spacial score (nSPS) is 20.6. The number of anilines is 1. The van der Waals surface area contributed by atoms with E-state index in [0.29, 0.717) is 5.92 Å². The highest BCUT2D eigenvalue weighted by molar-refractivity contribution is 5.38. The van der Waals surface area contributed by atoms with Crippen LogP contribution in [0.4, 0.5) is 5.82 Å². The number of aryl methyl sites for hydroxylation is 2. The average molecular weight is 235 g/mol. The second kappa shape index (κ2) is 5.45. The third-order valence-corrected chi connectivity index (χ3v) is 3.56. The number of hydrogen-bond donors (Lipinski definition) is 1. The topological polar surface area (TPSA) is 49.2 Å². The van der Waals surface area contributed by atoms with E-state index in [0.717, 1.165) is 36.7 Å². The Morgan fingerprint density at radius 3 is 2.94 bits per heavy atom. The summed E-state index contributed by atoms with van der Waals surface area (Å²) < 4.78 is 0. The van der Waals surface area contributed by atoms with Gasteiger partial charge in [-0.05, 0) is 39.0 Å². The zero-order valence-corrected chi connectivity index (χ0v) is 10.7. The van der Waals surface area contributed by atoms with E-state index in [2.05, 4.69) is 14.9 Å². The van der Waals surface area contributed by atoms with Crippen LogP contribution in [0.2, 0.25) is 0 Å². The highest BCUT2D eigenvalue weighted by Gasteiger charge is 2.20. The van der Waals surface area contributed by atoms with Gasteiger partial charge in [0.25, 0.3) is 0 Å². The van der Waals surface area contributed by atoms with Crippen molar-refractivity contribution in [3.63, 3.8) is 0 Å². The average Bonchev–Trinajstić information content (AvgIpc) is 2.33. The minimum absolute atomic E-state index is 0.289. The molecule has 1 aliphatic heterocycles. The van der Waals surface area contributed by atoms with Crippen LogP contribution in [-0.2, 0) is 0 Å². The maximum absolute atomic E-state index is 9.01. The standard InChI is InChI=1S/C13H21N3O/c1-10-11(2)15-13(8-14-10)16-6-3-4-12(9-16)5-7-17/h8,12,17H,3-7,9H2,1-2H3. The SMILES string of the molecule is Cc1ncc(N2CCCC(CCO)C2)nc1C. The van der Waals surface area contributed by atoms with Crippen LogP contribution in [0, 0.1) is 19.8 Å². The summed E-state index contributed by atoms with van der Waals surface area (Å²) in [7, 11) is 0. The molecule has 2 rings (SSSR count). The number of nitrogens with zero attached hydrogens (tertiary/aromatic N) is 3. The van der Waals surface area contributed by atoms with Gasteiger partial charge in [0.05, 0.1) is 17.6 Å². The third-order valence-electron chi connectivity index (χ3n) is 3.56.